The minimum Gasteiger partial charge on any atom is -0.466 e. The SMILES string of the molecule is CCOC(=O)C1CCN(S(=O)(=O)c2ccc(CCN3C(=O)c4cccnc4C3=O)cc2)CC1. The summed E-state index contributed by atoms with van der Waals surface area (Å²) in [5.41, 5.74) is 1.27. The Hall–Kier alpha value is -3.11. The number of carbonyl (C=O) groups excluding carboxylic acids is 3. The Labute approximate surface area is 192 Å². The van der Waals surface area contributed by atoms with Crippen molar-refractivity contribution in [1.82, 2.24) is 14.2 Å². The highest BCUT2D eigenvalue weighted by Crippen LogP contribution is 2.25. The van der Waals surface area contributed by atoms with Crippen LogP contribution in [0, 0.1) is 5.92 Å². The number of amides is 2. The number of esters is 1. The molecule has 2 aliphatic heterocycles. The number of rotatable bonds is 7. The Balaban J connectivity index is 1.36. The van der Waals surface area contributed by atoms with Crippen molar-refractivity contribution in [2.75, 3.05) is 26.2 Å². The van der Waals surface area contributed by atoms with Gasteiger partial charge in [0.1, 0.15) is 5.69 Å². The second kappa shape index (κ2) is 9.40. The average Bonchev–Trinajstić information content (AvgIpc) is 3.08. The molecule has 10 heteroatoms. The van der Waals surface area contributed by atoms with Crippen molar-refractivity contribution in [2.24, 2.45) is 5.92 Å². The summed E-state index contributed by atoms with van der Waals surface area (Å²) in [6, 6.07) is 9.64. The number of imide groups is 1. The van der Waals surface area contributed by atoms with E-state index in [2.05, 4.69) is 4.98 Å². The first-order chi connectivity index (χ1) is 15.8. The minimum atomic E-state index is -3.67. The molecule has 1 aromatic heterocycles. The molecule has 174 valence electrons. The smallest absolute Gasteiger partial charge is 0.309 e. The van der Waals surface area contributed by atoms with Crippen LogP contribution in [0.2, 0.25) is 0 Å². The van der Waals surface area contributed by atoms with Gasteiger partial charge in [0, 0.05) is 25.8 Å². The zero-order valence-corrected chi connectivity index (χ0v) is 19.1. The van der Waals surface area contributed by atoms with E-state index in [1.807, 2.05) is 0 Å². The summed E-state index contributed by atoms with van der Waals surface area (Å²) in [4.78, 5) is 42.1. The predicted octanol–water partition coefficient (Wildman–Crippen LogP) is 1.88. The van der Waals surface area contributed by atoms with Crippen molar-refractivity contribution in [3.63, 3.8) is 0 Å². The van der Waals surface area contributed by atoms with E-state index in [0.717, 1.165) is 10.5 Å². The van der Waals surface area contributed by atoms with Gasteiger partial charge in [-0.2, -0.15) is 4.31 Å². The number of fused-ring (bicyclic) bond motifs is 1. The number of sulfonamides is 1. The molecule has 33 heavy (non-hydrogen) atoms. The van der Waals surface area contributed by atoms with Crippen molar-refractivity contribution >= 4 is 27.8 Å². The molecule has 0 radical (unpaired) electrons. The molecule has 3 heterocycles. The van der Waals surface area contributed by atoms with Gasteiger partial charge in [-0.1, -0.05) is 12.1 Å². The van der Waals surface area contributed by atoms with Crippen LogP contribution < -0.4 is 0 Å². The van der Waals surface area contributed by atoms with Gasteiger partial charge in [-0.25, -0.2) is 8.42 Å². The lowest BCUT2D eigenvalue weighted by atomic mass is 9.98. The summed E-state index contributed by atoms with van der Waals surface area (Å²) in [6.45, 7) is 2.77. The number of ether oxygens (including phenoxy) is 1. The topological polar surface area (TPSA) is 114 Å². The van der Waals surface area contributed by atoms with Crippen LogP contribution >= 0.6 is 0 Å². The van der Waals surface area contributed by atoms with Crippen LogP contribution in [0.3, 0.4) is 0 Å². The van der Waals surface area contributed by atoms with Crippen LogP contribution in [0.4, 0.5) is 0 Å². The predicted molar refractivity (Wildman–Crippen MR) is 118 cm³/mol. The first-order valence-corrected chi connectivity index (χ1v) is 12.3. The first kappa shape index (κ1) is 23.1. The molecule has 4 rings (SSSR count). The molecule has 0 unspecified atom stereocenters. The van der Waals surface area contributed by atoms with E-state index in [9.17, 15) is 22.8 Å². The Bertz CT molecular complexity index is 1140. The fraction of sp³-hybridized carbons (Fsp3) is 0.391. The van der Waals surface area contributed by atoms with Gasteiger partial charge >= 0.3 is 5.97 Å². The van der Waals surface area contributed by atoms with E-state index < -0.39 is 15.9 Å². The molecule has 0 saturated carbocycles. The van der Waals surface area contributed by atoms with E-state index in [4.69, 9.17) is 4.74 Å². The maximum atomic E-state index is 13.0. The third-order valence-corrected chi connectivity index (χ3v) is 7.90. The quantitative estimate of drug-likeness (QED) is 0.447. The molecule has 0 atom stereocenters. The molecule has 0 spiro atoms. The Morgan fingerprint density at radius 3 is 2.42 bits per heavy atom. The summed E-state index contributed by atoms with van der Waals surface area (Å²) in [6.07, 6.45) is 2.75. The zero-order chi connectivity index (χ0) is 23.6. The van der Waals surface area contributed by atoms with Crippen LogP contribution in [0.15, 0.2) is 47.5 Å². The number of aromatic nitrogens is 1. The number of hydrogen-bond acceptors (Lipinski definition) is 7. The Morgan fingerprint density at radius 2 is 1.79 bits per heavy atom. The van der Waals surface area contributed by atoms with E-state index in [-0.39, 0.29) is 48.0 Å². The summed E-state index contributed by atoms with van der Waals surface area (Å²) < 4.78 is 32.4. The summed E-state index contributed by atoms with van der Waals surface area (Å²) in [5, 5.41) is 0. The number of nitrogens with zero attached hydrogens (tertiary/aromatic N) is 3. The van der Waals surface area contributed by atoms with Crippen LogP contribution in [0.1, 0.15) is 46.2 Å². The second-order valence-electron chi connectivity index (χ2n) is 7.99. The first-order valence-electron chi connectivity index (χ1n) is 10.9. The maximum Gasteiger partial charge on any atom is 0.309 e. The molecule has 2 aliphatic rings. The molecule has 2 aromatic rings. The molecule has 1 saturated heterocycles. The second-order valence-corrected chi connectivity index (χ2v) is 9.92. The Morgan fingerprint density at radius 1 is 1.09 bits per heavy atom. The number of pyridine rings is 1. The van der Waals surface area contributed by atoms with Crippen molar-refractivity contribution in [3.05, 3.63) is 59.4 Å². The van der Waals surface area contributed by atoms with Gasteiger partial charge in [0.05, 0.1) is 23.0 Å². The molecule has 0 aliphatic carbocycles. The average molecular weight is 472 g/mol. The molecule has 2 amide bonds. The lowest BCUT2D eigenvalue weighted by molar-refractivity contribution is -0.149. The highest BCUT2D eigenvalue weighted by molar-refractivity contribution is 7.89. The normalized spacial score (nSPS) is 17.3. The van der Waals surface area contributed by atoms with Crippen LogP contribution in [0.5, 0.6) is 0 Å². The number of piperidine rings is 1. The van der Waals surface area contributed by atoms with Gasteiger partial charge in [-0.05, 0) is 56.0 Å². The molecular formula is C23H25N3O6S. The van der Waals surface area contributed by atoms with Crippen molar-refractivity contribution in [3.8, 4) is 0 Å². The maximum absolute atomic E-state index is 13.0. The fourth-order valence-electron chi connectivity index (χ4n) is 4.13. The lowest BCUT2D eigenvalue weighted by Gasteiger charge is -2.30. The van der Waals surface area contributed by atoms with Gasteiger partial charge in [0.2, 0.25) is 10.0 Å². The Kier molecular flexibility index (Phi) is 6.57. The van der Waals surface area contributed by atoms with Crippen molar-refractivity contribution in [1.29, 1.82) is 0 Å². The largest absolute Gasteiger partial charge is 0.466 e. The number of carbonyl (C=O) groups is 3. The zero-order valence-electron chi connectivity index (χ0n) is 18.3. The third-order valence-electron chi connectivity index (χ3n) is 5.99. The van der Waals surface area contributed by atoms with Gasteiger partial charge < -0.3 is 4.74 Å². The molecule has 0 bridgehead atoms. The molecule has 1 fully saturated rings. The third kappa shape index (κ3) is 4.53. The lowest BCUT2D eigenvalue weighted by Crippen LogP contribution is -2.40. The van der Waals surface area contributed by atoms with E-state index in [1.165, 1.54) is 22.6 Å². The van der Waals surface area contributed by atoms with Gasteiger partial charge in [0.15, 0.2) is 0 Å². The highest BCUT2D eigenvalue weighted by Gasteiger charge is 2.36. The van der Waals surface area contributed by atoms with Crippen molar-refractivity contribution in [2.45, 2.75) is 31.1 Å². The van der Waals surface area contributed by atoms with E-state index >= 15 is 0 Å². The van der Waals surface area contributed by atoms with E-state index in [1.54, 1.807) is 31.2 Å². The highest BCUT2D eigenvalue weighted by atomic mass is 32.2. The molecule has 9 nitrogen and oxygen atoms in total. The van der Waals surface area contributed by atoms with E-state index in [0.29, 0.717) is 31.4 Å². The van der Waals surface area contributed by atoms with Gasteiger partial charge in [-0.3, -0.25) is 24.3 Å². The fourth-order valence-corrected chi connectivity index (χ4v) is 5.60. The van der Waals surface area contributed by atoms with Crippen LogP contribution in [-0.4, -0.2) is 66.6 Å². The van der Waals surface area contributed by atoms with Crippen LogP contribution in [-0.2, 0) is 26.0 Å². The number of benzene rings is 1. The molecule has 0 N–H and O–H groups in total. The number of hydrogen-bond donors (Lipinski definition) is 0. The standard InChI is InChI=1S/C23H25N3O6S/c1-2-32-23(29)17-10-13-25(14-11-17)33(30,31)18-7-5-16(6-8-18)9-15-26-21(27)19-4-3-12-24-20(19)22(26)28/h3-8,12,17H,2,9-11,13-15H2,1H3. The van der Waals surface area contributed by atoms with Crippen molar-refractivity contribution < 1.29 is 27.5 Å². The minimum absolute atomic E-state index is 0.163. The monoisotopic (exact) mass is 471 g/mol. The summed E-state index contributed by atoms with van der Waals surface area (Å²) in [7, 11) is -3.67. The van der Waals surface area contributed by atoms with Gasteiger partial charge in [-0.15, -0.1) is 0 Å². The summed E-state index contributed by atoms with van der Waals surface area (Å²) >= 11 is 0. The van der Waals surface area contributed by atoms with Gasteiger partial charge in [0.25, 0.3) is 11.8 Å². The summed E-state index contributed by atoms with van der Waals surface area (Å²) in [5.74, 6) is -1.32. The molecular weight excluding hydrogens is 446 g/mol. The van der Waals surface area contributed by atoms with Crippen LogP contribution in [0.25, 0.3) is 0 Å². The molecule has 1 aromatic carbocycles.